The van der Waals surface area contributed by atoms with Crippen molar-refractivity contribution in [3.05, 3.63) is 64.7 Å². The molecule has 1 saturated heterocycles. The summed E-state index contributed by atoms with van der Waals surface area (Å²) in [4.78, 5) is 26.9. The van der Waals surface area contributed by atoms with Crippen LogP contribution in [0, 0.1) is 6.92 Å². The summed E-state index contributed by atoms with van der Waals surface area (Å²) in [7, 11) is 2.64. The van der Waals surface area contributed by atoms with Crippen LogP contribution in [-0.4, -0.2) is 36.8 Å². The van der Waals surface area contributed by atoms with Gasteiger partial charge in [-0.2, -0.15) is 0 Å². The number of ether oxygens (including phenoxy) is 2. The first-order chi connectivity index (χ1) is 14.5. The minimum Gasteiger partial charge on any atom is -0.465 e. The third-order valence-corrected chi connectivity index (χ3v) is 5.93. The summed E-state index contributed by atoms with van der Waals surface area (Å²) in [5.41, 5.74) is 2.37. The van der Waals surface area contributed by atoms with Crippen LogP contribution in [0.15, 0.2) is 42.5 Å². The predicted octanol–water partition coefficient (Wildman–Crippen LogP) is 4.35. The van der Waals surface area contributed by atoms with E-state index in [-0.39, 0.29) is 11.1 Å². The molecule has 1 heterocycles. The summed E-state index contributed by atoms with van der Waals surface area (Å²) in [6, 6.07) is 13.1. The van der Waals surface area contributed by atoms with Gasteiger partial charge in [-0.05, 0) is 76.2 Å². The lowest BCUT2D eigenvalue weighted by atomic mass is 9.75. The summed E-state index contributed by atoms with van der Waals surface area (Å²) >= 11 is 5.79. The SMILES string of the molecule is COC(=O)c1ccc(C2(C)CC(C)(C)NC(=S)N2c2ccc(C)cc2)c(C(=O)OC)c1. The number of nitrogens with zero attached hydrogens (tertiary/aromatic N) is 1. The molecule has 3 rings (SSSR count). The molecule has 1 unspecified atom stereocenters. The average Bonchev–Trinajstić information content (AvgIpc) is 2.72. The van der Waals surface area contributed by atoms with Crippen LogP contribution < -0.4 is 10.2 Å². The summed E-state index contributed by atoms with van der Waals surface area (Å²) in [6.07, 6.45) is 0.648. The maximum Gasteiger partial charge on any atom is 0.338 e. The number of hydrogen-bond acceptors (Lipinski definition) is 5. The van der Waals surface area contributed by atoms with Crippen LogP contribution in [0.25, 0.3) is 0 Å². The number of benzene rings is 2. The Kier molecular flexibility index (Phi) is 6.09. The number of hydrogen-bond donors (Lipinski definition) is 1. The largest absolute Gasteiger partial charge is 0.465 e. The van der Waals surface area contributed by atoms with Gasteiger partial charge < -0.3 is 19.7 Å². The molecule has 1 aliphatic rings. The van der Waals surface area contributed by atoms with Crippen LogP contribution in [-0.2, 0) is 15.0 Å². The minimum absolute atomic E-state index is 0.285. The highest BCUT2D eigenvalue weighted by atomic mass is 32.1. The Balaban J connectivity index is 2.26. The molecule has 0 saturated carbocycles. The van der Waals surface area contributed by atoms with E-state index in [2.05, 4.69) is 26.1 Å². The second kappa shape index (κ2) is 8.30. The first-order valence-electron chi connectivity index (χ1n) is 10.0. The van der Waals surface area contributed by atoms with E-state index in [1.54, 1.807) is 12.1 Å². The molecule has 0 radical (unpaired) electrons. The number of carbonyl (C=O) groups excluding carboxylic acids is 2. The summed E-state index contributed by atoms with van der Waals surface area (Å²) in [5.74, 6) is -1.04. The first kappa shape index (κ1) is 22.7. The van der Waals surface area contributed by atoms with Crippen molar-refractivity contribution in [2.75, 3.05) is 19.1 Å². The number of esters is 2. The maximum atomic E-state index is 12.8. The Morgan fingerprint density at radius 3 is 2.19 bits per heavy atom. The molecule has 1 atom stereocenters. The third kappa shape index (κ3) is 4.28. The van der Waals surface area contributed by atoms with Gasteiger partial charge in [0.25, 0.3) is 0 Å². The Morgan fingerprint density at radius 1 is 1.00 bits per heavy atom. The molecular weight excluding hydrogens is 412 g/mol. The monoisotopic (exact) mass is 440 g/mol. The quantitative estimate of drug-likeness (QED) is 0.560. The number of anilines is 1. The molecule has 0 amide bonds. The van der Waals surface area contributed by atoms with Crippen molar-refractivity contribution < 1.29 is 19.1 Å². The molecule has 1 fully saturated rings. The Labute approximate surface area is 188 Å². The number of carbonyl (C=O) groups is 2. The Hall–Kier alpha value is -2.93. The number of methoxy groups -OCH3 is 2. The van der Waals surface area contributed by atoms with Gasteiger partial charge in [0.1, 0.15) is 0 Å². The predicted molar refractivity (Wildman–Crippen MR) is 125 cm³/mol. The topological polar surface area (TPSA) is 67.9 Å². The van der Waals surface area contributed by atoms with Crippen LogP contribution in [0.4, 0.5) is 5.69 Å². The normalized spacial score (nSPS) is 20.1. The van der Waals surface area contributed by atoms with Gasteiger partial charge in [0.2, 0.25) is 0 Å². The highest BCUT2D eigenvalue weighted by molar-refractivity contribution is 7.80. The molecule has 2 aromatic rings. The van der Waals surface area contributed by atoms with Crippen molar-refractivity contribution in [3.63, 3.8) is 0 Å². The minimum atomic E-state index is -0.681. The molecular formula is C24H28N2O4S. The van der Waals surface area contributed by atoms with Gasteiger partial charge in [0, 0.05) is 11.2 Å². The van der Waals surface area contributed by atoms with Crippen molar-refractivity contribution in [3.8, 4) is 0 Å². The fourth-order valence-electron chi connectivity index (χ4n) is 4.40. The van der Waals surface area contributed by atoms with Crippen molar-refractivity contribution in [2.45, 2.75) is 45.2 Å². The summed E-state index contributed by atoms with van der Waals surface area (Å²) in [6.45, 7) is 8.23. The average molecular weight is 441 g/mol. The molecule has 2 aromatic carbocycles. The van der Waals surface area contributed by atoms with Crippen molar-refractivity contribution in [2.24, 2.45) is 0 Å². The van der Waals surface area contributed by atoms with Gasteiger partial charge in [-0.3, -0.25) is 0 Å². The zero-order valence-corrected chi connectivity index (χ0v) is 19.6. The van der Waals surface area contributed by atoms with Crippen LogP contribution in [0.2, 0.25) is 0 Å². The molecule has 31 heavy (non-hydrogen) atoms. The van der Waals surface area contributed by atoms with Crippen molar-refractivity contribution in [1.29, 1.82) is 0 Å². The second-order valence-corrected chi connectivity index (χ2v) is 9.07. The lowest BCUT2D eigenvalue weighted by Gasteiger charge is -2.53. The molecule has 0 bridgehead atoms. The van der Waals surface area contributed by atoms with E-state index < -0.39 is 17.5 Å². The molecule has 1 aliphatic heterocycles. The third-order valence-electron chi connectivity index (χ3n) is 5.65. The lowest BCUT2D eigenvalue weighted by molar-refractivity contribution is 0.0595. The molecule has 0 aromatic heterocycles. The van der Waals surface area contributed by atoms with E-state index in [9.17, 15) is 9.59 Å². The highest BCUT2D eigenvalue weighted by Gasteiger charge is 2.47. The van der Waals surface area contributed by atoms with Gasteiger partial charge in [0.05, 0.1) is 30.9 Å². The van der Waals surface area contributed by atoms with E-state index >= 15 is 0 Å². The number of aryl methyl sites for hydroxylation is 1. The first-order valence-corrected chi connectivity index (χ1v) is 10.4. The maximum absolute atomic E-state index is 12.8. The zero-order valence-electron chi connectivity index (χ0n) is 18.7. The van der Waals surface area contributed by atoms with Crippen molar-refractivity contribution in [1.82, 2.24) is 5.32 Å². The van der Waals surface area contributed by atoms with E-state index in [1.807, 2.05) is 36.1 Å². The Morgan fingerprint density at radius 2 is 1.61 bits per heavy atom. The molecule has 0 spiro atoms. The molecule has 0 aliphatic carbocycles. The number of thiocarbonyl (C=S) groups is 1. The van der Waals surface area contributed by atoms with Gasteiger partial charge >= 0.3 is 11.9 Å². The number of nitrogens with one attached hydrogen (secondary N) is 1. The second-order valence-electron chi connectivity index (χ2n) is 8.68. The van der Waals surface area contributed by atoms with Crippen LogP contribution in [0.3, 0.4) is 0 Å². The lowest BCUT2D eigenvalue weighted by Crippen LogP contribution is -2.65. The zero-order chi connectivity index (χ0) is 23.0. The molecule has 1 N–H and O–H groups in total. The Bertz CT molecular complexity index is 1030. The van der Waals surface area contributed by atoms with Gasteiger partial charge in [0.15, 0.2) is 5.11 Å². The van der Waals surface area contributed by atoms with Crippen LogP contribution in [0.5, 0.6) is 0 Å². The highest BCUT2D eigenvalue weighted by Crippen LogP contribution is 2.44. The van der Waals surface area contributed by atoms with Gasteiger partial charge in [-0.1, -0.05) is 23.8 Å². The summed E-state index contributed by atoms with van der Waals surface area (Å²) < 4.78 is 9.89. The molecule has 6 nitrogen and oxygen atoms in total. The van der Waals surface area contributed by atoms with Crippen molar-refractivity contribution >= 4 is 35.0 Å². The number of rotatable bonds is 4. The van der Waals surface area contributed by atoms with E-state index in [4.69, 9.17) is 21.7 Å². The fourth-order valence-corrected chi connectivity index (χ4v) is 4.99. The molecule has 7 heteroatoms. The smallest absolute Gasteiger partial charge is 0.338 e. The van der Waals surface area contributed by atoms with E-state index in [1.165, 1.54) is 20.3 Å². The van der Waals surface area contributed by atoms with E-state index in [0.29, 0.717) is 17.1 Å². The summed E-state index contributed by atoms with van der Waals surface area (Å²) in [5, 5.41) is 3.98. The van der Waals surface area contributed by atoms with Gasteiger partial charge in [-0.25, -0.2) is 9.59 Å². The van der Waals surface area contributed by atoms with Crippen LogP contribution in [0.1, 0.15) is 59.0 Å². The standard InChI is InChI=1S/C24H28N2O4S/c1-15-7-10-17(11-8-15)26-22(31)25-23(2,3)14-24(26,4)19-12-9-16(20(27)29-5)13-18(19)21(28)30-6/h7-13H,14H2,1-6H3,(H,25,31). The van der Waals surface area contributed by atoms with E-state index in [0.717, 1.165) is 16.8 Å². The van der Waals surface area contributed by atoms with Crippen LogP contribution >= 0.6 is 12.2 Å². The fraction of sp³-hybridized carbons (Fsp3) is 0.375. The molecule has 164 valence electrons. The van der Waals surface area contributed by atoms with Gasteiger partial charge in [-0.15, -0.1) is 0 Å².